The van der Waals surface area contributed by atoms with Crippen molar-refractivity contribution in [2.75, 3.05) is 26.8 Å². The fraction of sp³-hybridized carbons (Fsp3) is 0.500. The first-order chi connectivity index (χ1) is 8.58. The predicted octanol–water partition coefficient (Wildman–Crippen LogP) is -0.0262. The maximum Gasteiger partial charge on any atom is 0.488 e. The molecule has 0 spiro atoms. The summed E-state index contributed by atoms with van der Waals surface area (Å²) >= 11 is 0. The normalized spacial score (nSPS) is 11.0. The van der Waals surface area contributed by atoms with Crippen LogP contribution >= 0.6 is 0 Å². The van der Waals surface area contributed by atoms with Gasteiger partial charge in [0, 0.05) is 25.8 Å². The monoisotopic (exact) mass is 255 g/mol. The molecule has 100 valence electrons. The number of hydrogen-bond acceptors (Lipinski definition) is 4. The molecule has 0 radical (unpaired) electrons. The van der Waals surface area contributed by atoms with Crippen LogP contribution in [0.25, 0.3) is 0 Å². The molecule has 0 heterocycles. The number of rotatable bonds is 7. The average Bonchev–Trinajstić information content (AvgIpc) is 2.35. The molecule has 0 aromatic heterocycles. The van der Waals surface area contributed by atoms with Gasteiger partial charge in [-0.1, -0.05) is 19.1 Å². The number of benzene rings is 1. The minimum Gasteiger partial charge on any atom is -0.423 e. The predicted molar refractivity (Wildman–Crippen MR) is 69.1 cm³/mol. The fourth-order valence-corrected chi connectivity index (χ4v) is 1.66. The van der Waals surface area contributed by atoms with Gasteiger partial charge in [-0.15, -0.1) is 0 Å². The summed E-state index contributed by atoms with van der Waals surface area (Å²) in [5.41, 5.74) is 0.702. The second-order valence-corrected chi connectivity index (χ2v) is 4.09. The Bertz CT molecular complexity index is 376. The van der Waals surface area contributed by atoms with E-state index in [9.17, 15) is 4.39 Å². The minimum atomic E-state index is -1.63. The summed E-state index contributed by atoms with van der Waals surface area (Å²) in [7, 11) is -0.00408. The van der Waals surface area contributed by atoms with Crippen molar-refractivity contribution in [3.63, 3.8) is 0 Å². The lowest BCUT2D eigenvalue weighted by molar-refractivity contribution is 0.147. The molecule has 18 heavy (non-hydrogen) atoms. The highest BCUT2D eigenvalue weighted by Crippen LogP contribution is 2.09. The Hall–Kier alpha value is -0.945. The van der Waals surface area contributed by atoms with Crippen molar-refractivity contribution in [2.24, 2.45) is 0 Å². The SMILES string of the molecule is CCN(CCOC)Cc1ccc(B(O)O)cc1F. The lowest BCUT2D eigenvalue weighted by Gasteiger charge is -2.20. The largest absolute Gasteiger partial charge is 0.488 e. The van der Waals surface area contributed by atoms with Crippen molar-refractivity contribution in [3.05, 3.63) is 29.6 Å². The van der Waals surface area contributed by atoms with Gasteiger partial charge in [0.1, 0.15) is 5.82 Å². The molecule has 2 N–H and O–H groups in total. The van der Waals surface area contributed by atoms with E-state index in [4.69, 9.17) is 14.8 Å². The Morgan fingerprint density at radius 2 is 2.11 bits per heavy atom. The maximum atomic E-state index is 13.7. The Labute approximate surface area is 107 Å². The minimum absolute atomic E-state index is 0.163. The molecule has 0 aliphatic heterocycles. The third kappa shape index (κ3) is 4.38. The molecular formula is C12H19BFNO3. The van der Waals surface area contributed by atoms with Crippen LogP contribution in [-0.4, -0.2) is 48.9 Å². The van der Waals surface area contributed by atoms with Crippen LogP contribution in [0.15, 0.2) is 18.2 Å². The molecule has 0 aliphatic carbocycles. The van der Waals surface area contributed by atoms with Gasteiger partial charge in [0.25, 0.3) is 0 Å². The fourth-order valence-electron chi connectivity index (χ4n) is 1.66. The van der Waals surface area contributed by atoms with Crippen molar-refractivity contribution in [2.45, 2.75) is 13.5 Å². The average molecular weight is 255 g/mol. The van der Waals surface area contributed by atoms with Gasteiger partial charge in [-0.3, -0.25) is 4.90 Å². The maximum absolute atomic E-state index is 13.7. The van der Waals surface area contributed by atoms with E-state index in [1.54, 1.807) is 13.2 Å². The van der Waals surface area contributed by atoms with Crippen LogP contribution in [0.4, 0.5) is 4.39 Å². The van der Waals surface area contributed by atoms with E-state index in [0.717, 1.165) is 19.2 Å². The molecule has 0 aliphatic rings. The number of methoxy groups -OCH3 is 1. The quantitative estimate of drug-likeness (QED) is 0.672. The summed E-state index contributed by atoms with van der Waals surface area (Å²) in [5.74, 6) is -0.420. The lowest BCUT2D eigenvalue weighted by atomic mass is 9.80. The molecule has 0 amide bonds. The Kier molecular flexibility index (Phi) is 6.28. The summed E-state index contributed by atoms with van der Waals surface area (Å²) in [6.07, 6.45) is 0. The summed E-state index contributed by atoms with van der Waals surface area (Å²) in [5, 5.41) is 17.9. The molecule has 0 saturated carbocycles. The first kappa shape index (κ1) is 15.1. The zero-order valence-electron chi connectivity index (χ0n) is 10.8. The highest BCUT2D eigenvalue weighted by molar-refractivity contribution is 6.58. The third-order valence-corrected chi connectivity index (χ3v) is 2.83. The molecule has 1 rings (SSSR count). The zero-order valence-corrected chi connectivity index (χ0v) is 10.8. The Morgan fingerprint density at radius 1 is 1.39 bits per heavy atom. The van der Waals surface area contributed by atoms with Gasteiger partial charge in [0.05, 0.1) is 6.61 Å². The van der Waals surface area contributed by atoms with Crippen LogP contribution in [0.2, 0.25) is 0 Å². The van der Waals surface area contributed by atoms with Crippen LogP contribution in [0.5, 0.6) is 0 Å². The topological polar surface area (TPSA) is 52.9 Å². The van der Waals surface area contributed by atoms with Gasteiger partial charge in [0.2, 0.25) is 0 Å². The molecule has 0 fully saturated rings. The number of ether oxygens (including phenoxy) is 1. The summed E-state index contributed by atoms with van der Waals surface area (Å²) in [6.45, 7) is 4.61. The molecule has 0 saturated heterocycles. The molecule has 1 aromatic carbocycles. The van der Waals surface area contributed by atoms with Crippen molar-refractivity contribution in [3.8, 4) is 0 Å². The third-order valence-electron chi connectivity index (χ3n) is 2.83. The van der Waals surface area contributed by atoms with E-state index in [2.05, 4.69) is 4.90 Å². The van der Waals surface area contributed by atoms with Gasteiger partial charge in [-0.05, 0) is 18.1 Å². The number of nitrogens with zero attached hydrogens (tertiary/aromatic N) is 1. The van der Waals surface area contributed by atoms with Crippen molar-refractivity contribution in [1.29, 1.82) is 0 Å². The highest BCUT2D eigenvalue weighted by atomic mass is 19.1. The van der Waals surface area contributed by atoms with E-state index in [1.807, 2.05) is 6.92 Å². The molecule has 0 unspecified atom stereocenters. The second kappa shape index (κ2) is 7.48. The molecule has 6 heteroatoms. The van der Waals surface area contributed by atoms with Gasteiger partial charge in [-0.2, -0.15) is 0 Å². The standard InChI is InChI=1S/C12H19BFNO3/c1-3-15(6-7-18-2)9-10-4-5-11(13(16)17)8-12(10)14/h4-5,8,16-17H,3,6-7,9H2,1-2H3. The van der Waals surface area contributed by atoms with Crippen LogP contribution < -0.4 is 5.46 Å². The van der Waals surface area contributed by atoms with Gasteiger partial charge in [-0.25, -0.2) is 4.39 Å². The van der Waals surface area contributed by atoms with Crippen molar-refractivity contribution in [1.82, 2.24) is 4.90 Å². The van der Waals surface area contributed by atoms with Crippen LogP contribution in [0, 0.1) is 5.82 Å². The van der Waals surface area contributed by atoms with Crippen molar-refractivity contribution >= 4 is 12.6 Å². The lowest BCUT2D eigenvalue weighted by Crippen LogP contribution is -2.31. The van der Waals surface area contributed by atoms with E-state index in [1.165, 1.54) is 6.07 Å². The van der Waals surface area contributed by atoms with Crippen LogP contribution in [-0.2, 0) is 11.3 Å². The Balaban J connectivity index is 2.71. The number of likely N-dealkylation sites (N-methyl/N-ethyl adjacent to an activating group) is 1. The highest BCUT2D eigenvalue weighted by Gasteiger charge is 2.14. The Morgan fingerprint density at radius 3 is 2.61 bits per heavy atom. The first-order valence-corrected chi connectivity index (χ1v) is 5.94. The van der Waals surface area contributed by atoms with E-state index >= 15 is 0 Å². The second-order valence-electron chi connectivity index (χ2n) is 4.09. The smallest absolute Gasteiger partial charge is 0.423 e. The van der Waals surface area contributed by atoms with Gasteiger partial charge < -0.3 is 14.8 Å². The number of hydrogen-bond donors (Lipinski definition) is 2. The molecule has 0 atom stereocenters. The van der Waals surface area contributed by atoms with Gasteiger partial charge in [0.15, 0.2) is 0 Å². The number of halogens is 1. The first-order valence-electron chi connectivity index (χ1n) is 5.94. The zero-order chi connectivity index (χ0) is 13.5. The summed E-state index contributed by atoms with van der Waals surface area (Å²) in [6, 6.07) is 4.26. The van der Waals surface area contributed by atoms with E-state index in [0.29, 0.717) is 18.7 Å². The molecular weight excluding hydrogens is 236 g/mol. The molecule has 4 nitrogen and oxygen atoms in total. The van der Waals surface area contributed by atoms with Crippen LogP contribution in [0.3, 0.4) is 0 Å². The van der Waals surface area contributed by atoms with E-state index < -0.39 is 12.9 Å². The molecule has 0 bridgehead atoms. The van der Waals surface area contributed by atoms with Crippen molar-refractivity contribution < 1.29 is 19.2 Å². The molecule has 1 aromatic rings. The summed E-state index contributed by atoms with van der Waals surface area (Å²) < 4.78 is 18.7. The summed E-state index contributed by atoms with van der Waals surface area (Å²) in [4.78, 5) is 2.05. The van der Waals surface area contributed by atoms with Crippen LogP contribution in [0.1, 0.15) is 12.5 Å². The van der Waals surface area contributed by atoms with Gasteiger partial charge >= 0.3 is 7.12 Å². The van der Waals surface area contributed by atoms with E-state index in [-0.39, 0.29) is 5.46 Å².